The molecule has 4 aromatic rings. The van der Waals surface area contributed by atoms with Crippen molar-refractivity contribution in [1.29, 1.82) is 0 Å². The van der Waals surface area contributed by atoms with Gasteiger partial charge in [0, 0.05) is 16.8 Å². The van der Waals surface area contributed by atoms with Gasteiger partial charge in [-0.25, -0.2) is 9.37 Å². The Bertz CT molecular complexity index is 1070. The molecule has 4 rings (SSSR count). The first kappa shape index (κ1) is 18.6. The topological polar surface area (TPSA) is 52.8 Å². The van der Waals surface area contributed by atoms with Gasteiger partial charge < -0.3 is 4.74 Å². The number of halogens is 1. The molecule has 2 heterocycles. The lowest BCUT2D eigenvalue weighted by molar-refractivity contribution is 0.278. The molecule has 0 aliphatic carbocycles. The molecule has 0 radical (unpaired) electrons. The van der Waals surface area contributed by atoms with E-state index in [1.165, 1.54) is 6.07 Å². The van der Waals surface area contributed by atoms with Gasteiger partial charge >= 0.3 is 0 Å². The third kappa shape index (κ3) is 4.23. The van der Waals surface area contributed by atoms with Crippen molar-refractivity contribution in [3.63, 3.8) is 0 Å². The Kier molecular flexibility index (Phi) is 5.68. The molecule has 0 saturated carbocycles. The van der Waals surface area contributed by atoms with E-state index in [0.29, 0.717) is 11.6 Å². The number of hydrogen-bond acceptors (Lipinski definition) is 6. The molecular weight excluding hydrogens is 395 g/mol. The molecule has 0 fully saturated rings. The minimum absolute atomic E-state index is 0.110. The van der Waals surface area contributed by atoms with E-state index < -0.39 is 5.82 Å². The van der Waals surface area contributed by atoms with Crippen LogP contribution < -0.4 is 4.74 Å². The molecule has 0 saturated heterocycles. The molecule has 0 atom stereocenters. The number of nitrogens with zero attached hydrogens (tertiary/aromatic N) is 4. The highest BCUT2D eigenvalue weighted by atomic mass is 32.2. The molecule has 2 aromatic heterocycles. The van der Waals surface area contributed by atoms with Gasteiger partial charge in [-0.15, -0.1) is 21.5 Å². The second-order valence-corrected chi connectivity index (χ2v) is 7.94. The monoisotopic (exact) mass is 412 g/mol. The molecule has 0 N–H and O–H groups in total. The number of aryl methyl sites for hydroxylation is 1. The summed E-state index contributed by atoms with van der Waals surface area (Å²) in [4.78, 5) is 4.49. The fourth-order valence-electron chi connectivity index (χ4n) is 2.64. The predicted octanol–water partition coefficient (Wildman–Crippen LogP) is 5.04. The Morgan fingerprint density at radius 1 is 1.07 bits per heavy atom. The molecule has 8 heteroatoms. The molecule has 0 amide bonds. The van der Waals surface area contributed by atoms with Gasteiger partial charge in [0.25, 0.3) is 0 Å². The molecule has 0 aliphatic heterocycles. The van der Waals surface area contributed by atoms with Crippen molar-refractivity contribution in [2.75, 3.05) is 0 Å². The average molecular weight is 413 g/mol. The van der Waals surface area contributed by atoms with Crippen LogP contribution >= 0.6 is 23.1 Å². The highest BCUT2D eigenvalue weighted by Gasteiger charge is 2.16. The van der Waals surface area contributed by atoms with E-state index in [1.54, 1.807) is 41.3 Å². The standard InChI is InChI=1S/C20H17FN4OS2/c1-14-22-15(12-27-14)13-28-20-24-23-19(25(20)16-7-3-2-4-8-16)11-26-18-10-6-5-9-17(18)21/h2-10,12H,11,13H2,1H3. The minimum atomic E-state index is -0.401. The van der Waals surface area contributed by atoms with E-state index in [4.69, 9.17) is 4.74 Å². The number of thiazole rings is 1. The smallest absolute Gasteiger partial charge is 0.196 e. The number of ether oxygens (including phenoxy) is 1. The summed E-state index contributed by atoms with van der Waals surface area (Å²) in [7, 11) is 0. The van der Waals surface area contributed by atoms with Gasteiger partial charge in [0.05, 0.1) is 10.7 Å². The maximum absolute atomic E-state index is 13.9. The van der Waals surface area contributed by atoms with Crippen molar-refractivity contribution in [1.82, 2.24) is 19.7 Å². The maximum atomic E-state index is 13.9. The normalized spacial score (nSPS) is 10.9. The second-order valence-electron chi connectivity index (χ2n) is 5.94. The van der Waals surface area contributed by atoms with Crippen LogP contribution in [-0.2, 0) is 12.4 Å². The molecule has 0 aliphatic rings. The third-order valence-corrected chi connectivity index (χ3v) is 5.71. The first-order valence-corrected chi connectivity index (χ1v) is 10.5. The van der Waals surface area contributed by atoms with Crippen LogP contribution in [0.2, 0.25) is 0 Å². The Hall–Kier alpha value is -2.71. The lowest BCUT2D eigenvalue weighted by atomic mass is 10.3. The molecule has 0 spiro atoms. The summed E-state index contributed by atoms with van der Waals surface area (Å²) in [6, 6.07) is 16.1. The van der Waals surface area contributed by atoms with E-state index in [-0.39, 0.29) is 12.4 Å². The van der Waals surface area contributed by atoms with Crippen molar-refractivity contribution in [2.24, 2.45) is 0 Å². The zero-order valence-electron chi connectivity index (χ0n) is 15.1. The van der Waals surface area contributed by atoms with Gasteiger partial charge in [0.15, 0.2) is 22.5 Å². The van der Waals surface area contributed by atoms with Crippen molar-refractivity contribution in [3.8, 4) is 11.4 Å². The second kappa shape index (κ2) is 8.53. The fourth-order valence-corrected chi connectivity index (χ4v) is 4.22. The summed E-state index contributed by atoms with van der Waals surface area (Å²) < 4.78 is 21.4. The quantitative estimate of drug-likeness (QED) is 0.398. The number of hydrogen-bond donors (Lipinski definition) is 0. The molecule has 28 heavy (non-hydrogen) atoms. The van der Waals surface area contributed by atoms with Crippen LogP contribution in [0.4, 0.5) is 4.39 Å². The fraction of sp³-hybridized carbons (Fsp3) is 0.150. The molecule has 2 aromatic carbocycles. The van der Waals surface area contributed by atoms with E-state index in [2.05, 4.69) is 15.2 Å². The average Bonchev–Trinajstić information content (AvgIpc) is 3.32. The van der Waals surface area contributed by atoms with Crippen molar-refractivity contribution < 1.29 is 9.13 Å². The first-order chi connectivity index (χ1) is 13.7. The Morgan fingerprint density at radius 3 is 2.61 bits per heavy atom. The lowest BCUT2D eigenvalue weighted by Crippen LogP contribution is -2.07. The van der Waals surface area contributed by atoms with Crippen LogP contribution in [0.5, 0.6) is 5.75 Å². The number of para-hydroxylation sites is 2. The number of benzene rings is 2. The summed E-state index contributed by atoms with van der Waals surface area (Å²) in [5.41, 5.74) is 1.94. The van der Waals surface area contributed by atoms with Gasteiger partial charge in [-0.3, -0.25) is 4.57 Å². The van der Waals surface area contributed by atoms with Crippen LogP contribution in [0.3, 0.4) is 0 Å². The summed E-state index contributed by atoms with van der Waals surface area (Å²) in [5, 5.41) is 12.4. The third-order valence-electron chi connectivity index (χ3n) is 3.92. The molecule has 142 valence electrons. The lowest BCUT2D eigenvalue weighted by Gasteiger charge is -2.11. The highest BCUT2D eigenvalue weighted by Crippen LogP contribution is 2.26. The van der Waals surface area contributed by atoms with Gasteiger partial charge in [0.1, 0.15) is 6.61 Å². The SMILES string of the molecule is Cc1nc(CSc2nnc(COc3ccccc3F)n2-c2ccccc2)cs1. The van der Waals surface area contributed by atoms with Gasteiger partial charge in [0.2, 0.25) is 0 Å². The van der Waals surface area contributed by atoms with E-state index in [1.807, 2.05) is 47.2 Å². The number of thioether (sulfide) groups is 1. The van der Waals surface area contributed by atoms with Crippen molar-refractivity contribution in [3.05, 3.63) is 82.3 Å². The highest BCUT2D eigenvalue weighted by molar-refractivity contribution is 7.98. The Labute approximate surface area is 170 Å². The number of aromatic nitrogens is 4. The Morgan fingerprint density at radius 2 is 1.86 bits per heavy atom. The van der Waals surface area contributed by atoms with Crippen LogP contribution in [0.15, 0.2) is 65.1 Å². The summed E-state index contributed by atoms with van der Waals surface area (Å²) in [5.74, 6) is 1.09. The zero-order valence-corrected chi connectivity index (χ0v) is 16.7. The zero-order chi connectivity index (χ0) is 19.3. The minimum Gasteiger partial charge on any atom is -0.483 e. The van der Waals surface area contributed by atoms with E-state index >= 15 is 0 Å². The molecule has 0 unspecified atom stereocenters. The van der Waals surface area contributed by atoms with Crippen molar-refractivity contribution >= 4 is 23.1 Å². The molecule has 5 nitrogen and oxygen atoms in total. The van der Waals surface area contributed by atoms with E-state index in [9.17, 15) is 4.39 Å². The van der Waals surface area contributed by atoms with Crippen LogP contribution in [0, 0.1) is 12.7 Å². The number of rotatable bonds is 7. The van der Waals surface area contributed by atoms with Gasteiger partial charge in [-0.2, -0.15) is 0 Å². The van der Waals surface area contributed by atoms with E-state index in [0.717, 1.165) is 21.5 Å². The molecular formula is C20H17FN4OS2. The predicted molar refractivity (Wildman–Crippen MR) is 109 cm³/mol. The summed E-state index contributed by atoms with van der Waals surface area (Å²) in [6.45, 7) is 2.10. The largest absolute Gasteiger partial charge is 0.483 e. The van der Waals surface area contributed by atoms with Gasteiger partial charge in [-0.1, -0.05) is 42.1 Å². The van der Waals surface area contributed by atoms with Crippen LogP contribution in [0.25, 0.3) is 5.69 Å². The maximum Gasteiger partial charge on any atom is 0.196 e. The van der Waals surface area contributed by atoms with Crippen LogP contribution in [-0.4, -0.2) is 19.7 Å². The summed E-state index contributed by atoms with van der Waals surface area (Å²) >= 11 is 3.19. The first-order valence-electron chi connectivity index (χ1n) is 8.61. The Balaban J connectivity index is 1.59. The molecule has 0 bridgehead atoms. The van der Waals surface area contributed by atoms with Crippen LogP contribution in [0.1, 0.15) is 16.5 Å². The summed E-state index contributed by atoms with van der Waals surface area (Å²) in [6.07, 6.45) is 0. The van der Waals surface area contributed by atoms with Crippen molar-refractivity contribution in [2.45, 2.75) is 24.4 Å². The van der Waals surface area contributed by atoms with Gasteiger partial charge in [-0.05, 0) is 31.2 Å².